The molecule has 2 aromatic heterocycles. The molecule has 0 saturated carbocycles. The number of hydrogen-bond donors (Lipinski definition) is 0. The number of amides is 1. The van der Waals surface area contributed by atoms with E-state index < -0.39 is 0 Å². The molecule has 2 aromatic rings. The average molecular weight is 314 g/mol. The van der Waals surface area contributed by atoms with E-state index in [-0.39, 0.29) is 17.0 Å². The molecule has 0 aliphatic carbocycles. The van der Waals surface area contributed by atoms with Crippen LogP contribution in [0.3, 0.4) is 0 Å². The summed E-state index contributed by atoms with van der Waals surface area (Å²) in [5.74, 6) is -0.213. The molecular weight excluding hydrogens is 292 g/mol. The van der Waals surface area contributed by atoms with Gasteiger partial charge in [-0.25, -0.2) is 4.98 Å². The first-order chi connectivity index (χ1) is 11.1. The highest BCUT2D eigenvalue weighted by Crippen LogP contribution is 2.09. The SMILES string of the molecule is CCCN1CCN(C(=O)c2cnc3c(C)cccn3c2=O)CC1. The molecule has 0 unspecified atom stereocenters. The van der Waals surface area contributed by atoms with E-state index in [9.17, 15) is 9.59 Å². The number of aryl methyl sites for hydroxylation is 1. The Morgan fingerprint density at radius 3 is 2.70 bits per heavy atom. The summed E-state index contributed by atoms with van der Waals surface area (Å²) in [5.41, 5.74) is 1.37. The summed E-state index contributed by atoms with van der Waals surface area (Å²) < 4.78 is 1.45. The molecule has 1 aliphatic rings. The first kappa shape index (κ1) is 15.7. The zero-order valence-electron chi connectivity index (χ0n) is 13.7. The third kappa shape index (κ3) is 2.99. The molecule has 23 heavy (non-hydrogen) atoms. The number of carbonyl (C=O) groups is 1. The van der Waals surface area contributed by atoms with E-state index in [1.54, 1.807) is 17.2 Å². The second kappa shape index (κ2) is 6.50. The van der Waals surface area contributed by atoms with Crippen LogP contribution < -0.4 is 5.56 Å². The van der Waals surface area contributed by atoms with Crippen LogP contribution in [0.1, 0.15) is 29.3 Å². The molecule has 0 N–H and O–H groups in total. The number of fused-ring (bicyclic) bond motifs is 1. The normalized spacial score (nSPS) is 16.0. The van der Waals surface area contributed by atoms with Gasteiger partial charge in [0, 0.05) is 38.6 Å². The van der Waals surface area contributed by atoms with Crippen molar-refractivity contribution in [2.75, 3.05) is 32.7 Å². The van der Waals surface area contributed by atoms with Gasteiger partial charge in [-0.1, -0.05) is 13.0 Å². The summed E-state index contributed by atoms with van der Waals surface area (Å²) >= 11 is 0. The number of nitrogens with zero attached hydrogens (tertiary/aromatic N) is 4. The average Bonchev–Trinajstić information content (AvgIpc) is 2.56. The molecule has 1 saturated heterocycles. The van der Waals surface area contributed by atoms with Crippen LogP contribution in [0, 0.1) is 6.92 Å². The molecule has 6 nitrogen and oxygen atoms in total. The minimum absolute atomic E-state index is 0.150. The van der Waals surface area contributed by atoms with E-state index in [0.29, 0.717) is 18.7 Å². The second-order valence-electron chi connectivity index (χ2n) is 6.00. The molecular formula is C17H22N4O2. The zero-order valence-corrected chi connectivity index (χ0v) is 13.7. The van der Waals surface area contributed by atoms with E-state index in [2.05, 4.69) is 16.8 Å². The lowest BCUT2D eigenvalue weighted by Gasteiger charge is -2.34. The number of hydrogen-bond acceptors (Lipinski definition) is 4. The van der Waals surface area contributed by atoms with E-state index >= 15 is 0 Å². The van der Waals surface area contributed by atoms with Gasteiger partial charge in [-0.15, -0.1) is 0 Å². The maximum atomic E-state index is 12.7. The third-order valence-corrected chi connectivity index (χ3v) is 4.36. The summed E-state index contributed by atoms with van der Waals surface area (Å²) in [6, 6.07) is 3.69. The molecule has 0 atom stereocenters. The highest BCUT2D eigenvalue weighted by Gasteiger charge is 2.24. The van der Waals surface area contributed by atoms with Gasteiger partial charge in [-0.2, -0.15) is 0 Å². The highest BCUT2D eigenvalue weighted by molar-refractivity contribution is 5.93. The first-order valence-electron chi connectivity index (χ1n) is 8.10. The molecule has 3 rings (SSSR count). The summed E-state index contributed by atoms with van der Waals surface area (Å²) in [5, 5.41) is 0. The molecule has 1 fully saturated rings. The van der Waals surface area contributed by atoms with Crippen LogP contribution in [0.2, 0.25) is 0 Å². The fourth-order valence-corrected chi connectivity index (χ4v) is 3.05. The fraction of sp³-hybridized carbons (Fsp3) is 0.471. The maximum Gasteiger partial charge on any atom is 0.270 e. The summed E-state index contributed by atoms with van der Waals surface area (Å²) in [7, 11) is 0. The standard InChI is InChI=1S/C17H22N4O2/c1-3-6-19-8-10-20(11-9-19)16(22)14-12-18-15-13(2)5-4-7-21(15)17(14)23/h4-5,7,12H,3,6,8-11H2,1-2H3. The van der Waals surface area contributed by atoms with Crippen LogP contribution in [0.25, 0.3) is 5.65 Å². The Labute approximate surface area is 135 Å². The van der Waals surface area contributed by atoms with Gasteiger partial charge in [0.15, 0.2) is 0 Å². The van der Waals surface area contributed by atoms with Crippen molar-refractivity contribution in [1.82, 2.24) is 19.2 Å². The number of rotatable bonds is 3. The van der Waals surface area contributed by atoms with Crippen LogP contribution in [-0.2, 0) is 0 Å². The zero-order chi connectivity index (χ0) is 16.4. The summed E-state index contributed by atoms with van der Waals surface area (Å²) in [6.45, 7) is 8.16. The fourth-order valence-electron chi connectivity index (χ4n) is 3.05. The smallest absolute Gasteiger partial charge is 0.270 e. The van der Waals surface area contributed by atoms with Gasteiger partial charge >= 0.3 is 0 Å². The maximum absolute atomic E-state index is 12.7. The van der Waals surface area contributed by atoms with Gasteiger partial charge in [0.25, 0.3) is 11.5 Å². The lowest BCUT2D eigenvalue weighted by Crippen LogP contribution is -2.49. The van der Waals surface area contributed by atoms with Gasteiger partial charge in [-0.05, 0) is 31.5 Å². The molecule has 6 heteroatoms. The predicted octanol–water partition coefficient (Wildman–Crippen LogP) is 1.17. The highest BCUT2D eigenvalue weighted by atomic mass is 16.2. The van der Waals surface area contributed by atoms with Gasteiger partial charge in [0.05, 0.1) is 0 Å². The van der Waals surface area contributed by atoms with Crippen molar-refractivity contribution in [1.29, 1.82) is 0 Å². The number of aromatic nitrogens is 2. The molecule has 122 valence electrons. The van der Waals surface area contributed by atoms with Crippen molar-refractivity contribution in [3.63, 3.8) is 0 Å². The Morgan fingerprint density at radius 1 is 1.26 bits per heavy atom. The summed E-state index contributed by atoms with van der Waals surface area (Å²) in [4.78, 5) is 33.7. The predicted molar refractivity (Wildman–Crippen MR) is 88.8 cm³/mol. The van der Waals surface area contributed by atoms with Gasteiger partial charge in [0.1, 0.15) is 11.2 Å². The molecule has 1 aliphatic heterocycles. The van der Waals surface area contributed by atoms with E-state index in [1.165, 1.54) is 10.6 Å². The minimum atomic E-state index is -0.292. The molecule has 0 radical (unpaired) electrons. The van der Waals surface area contributed by atoms with Crippen molar-refractivity contribution in [3.8, 4) is 0 Å². The number of pyridine rings is 1. The largest absolute Gasteiger partial charge is 0.336 e. The number of piperazine rings is 1. The van der Waals surface area contributed by atoms with E-state index in [4.69, 9.17) is 0 Å². The molecule has 0 aromatic carbocycles. The lowest BCUT2D eigenvalue weighted by molar-refractivity contribution is 0.0635. The van der Waals surface area contributed by atoms with Crippen molar-refractivity contribution in [3.05, 3.63) is 46.0 Å². The Hall–Kier alpha value is -2.21. The monoisotopic (exact) mass is 314 g/mol. The number of carbonyl (C=O) groups excluding carboxylic acids is 1. The third-order valence-electron chi connectivity index (χ3n) is 4.36. The quantitative estimate of drug-likeness (QED) is 0.853. The van der Waals surface area contributed by atoms with Crippen molar-refractivity contribution in [2.24, 2.45) is 0 Å². The van der Waals surface area contributed by atoms with Crippen LogP contribution in [0.5, 0.6) is 0 Å². The molecule has 3 heterocycles. The van der Waals surface area contributed by atoms with Gasteiger partial charge in [-0.3, -0.25) is 18.9 Å². The minimum Gasteiger partial charge on any atom is -0.336 e. The van der Waals surface area contributed by atoms with Crippen molar-refractivity contribution in [2.45, 2.75) is 20.3 Å². The van der Waals surface area contributed by atoms with Crippen LogP contribution in [-0.4, -0.2) is 57.8 Å². The lowest BCUT2D eigenvalue weighted by atomic mass is 10.2. The molecule has 0 spiro atoms. The van der Waals surface area contributed by atoms with E-state index in [0.717, 1.165) is 31.6 Å². The van der Waals surface area contributed by atoms with E-state index in [1.807, 2.05) is 13.0 Å². The topological polar surface area (TPSA) is 57.9 Å². The Morgan fingerprint density at radius 2 is 2.00 bits per heavy atom. The second-order valence-corrected chi connectivity index (χ2v) is 6.00. The van der Waals surface area contributed by atoms with Crippen LogP contribution in [0.15, 0.2) is 29.3 Å². The Balaban J connectivity index is 1.85. The van der Waals surface area contributed by atoms with Crippen LogP contribution >= 0.6 is 0 Å². The Bertz CT molecular complexity index is 776. The first-order valence-corrected chi connectivity index (χ1v) is 8.10. The molecule has 1 amide bonds. The Kier molecular flexibility index (Phi) is 4.43. The summed E-state index contributed by atoms with van der Waals surface area (Å²) in [6.07, 6.45) is 4.20. The van der Waals surface area contributed by atoms with Crippen molar-refractivity contribution < 1.29 is 4.79 Å². The van der Waals surface area contributed by atoms with Gasteiger partial charge < -0.3 is 4.90 Å². The van der Waals surface area contributed by atoms with Crippen molar-refractivity contribution >= 4 is 11.6 Å². The van der Waals surface area contributed by atoms with Gasteiger partial charge in [0.2, 0.25) is 0 Å². The molecule has 0 bridgehead atoms. The van der Waals surface area contributed by atoms with Crippen LogP contribution in [0.4, 0.5) is 0 Å².